The van der Waals surface area contributed by atoms with E-state index in [0.29, 0.717) is 13.0 Å². The monoisotopic (exact) mass is 236 g/mol. The summed E-state index contributed by atoms with van der Waals surface area (Å²) in [6, 6.07) is 0. The summed E-state index contributed by atoms with van der Waals surface area (Å²) in [7, 11) is 1.25. The molecule has 7 heteroatoms. The second kappa shape index (κ2) is 4.36. The highest BCUT2D eigenvalue weighted by atomic mass is 16.5. The van der Waals surface area contributed by atoms with Crippen LogP contribution in [0.25, 0.3) is 0 Å². The van der Waals surface area contributed by atoms with Gasteiger partial charge in [0.1, 0.15) is 0 Å². The summed E-state index contributed by atoms with van der Waals surface area (Å²) in [5, 5.41) is 6.25. The van der Waals surface area contributed by atoms with Crippen LogP contribution in [0, 0.1) is 5.92 Å². The Morgan fingerprint density at radius 2 is 2.47 bits per heavy atom. The van der Waals surface area contributed by atoms with Crippen molar-refractivity contribution in [2.24, 2.45) is 5.92 Å². The number of carbonyl (C=O) groups is 2. The predicted octanol–water partition coefficient (Wildman–Crippen LogP) is 0.130. The molecule has 7 nitrogen and oxygen atoms in total. The van der Waals surface area contributed by atoms with Crippen LogP contribution < -0.4 is 4.90 Å². The first-order valence-electron chi connectivity index (χ1n) is 5.09. The van der Waals surface area contributed by atoms with Gasteiger partial charge in [0, 0.05) is 18.9 Å². The number of carbonyl (C=O) groups excluding carboxylic acids is 2. The van der Waals surface area contributed by atoms with Gasteiger partial charge in [-0.25, -0.2) is 4.79 Å². The summed E-state index contributed by atoms with van der Waals surface area (Å²) >= 11 is 0. The van der Waals surface area contributed by atoms with E-state index in [0.717, 1.165) is 0 Å². The Labute approximate surface area is 97.5 Å². The van der Waals surface area contributed by atoms with Gasteiger partial charge in [-0.1, -0.05) is 6.08 Å². The topological polar surface area (TPSA) is 88.2 Å². The van der Waals surface area contributed by atoms with Crippen LogP contribution in [0.15, 0.2) is 12.7 Å². The van der Waals surface area contributed by atoms with Crippen LogP contribution in [0.1, 0.15) is 17.0 Å². The lowest BCUT2D eigenvalue weighted by Crippen LogP contribution is -2.25. The molecule has 1 aromatic heterocycles. The van der Waals surface area contributed by atoms with Crippen molar-refractivity contribution in [3.8, 4) is 0 Å². The van der Waals surface area contributed by atoms with E-state index in [-0.39, 0.29) is 23.6 Å². The molecule has 0 bridgehead atoms. The summed E-state index contributed by atoms with van der Waals surface area (Å²) in [6.07, 6.45) is 2.12. The zero-order valence-electron chi connectivity index (χ0n) is 9.34. The smallest absolute Gasteiger partial charge is 0.375 e. The molecular weight excluding hydrogens is 224 g/mol. The van der Waals surface area contributed by atoms with Gasteiger partial charge >= 0.3 is 5.97 Å². The third-order valence-electron chi connectivity index (χ3n) is 2.58. The minimum atomic E-state index is -0.615. The van der Waals surface area contributed by atoms with E-state index in [1.165, 1.54) is 12.0 Å². The minimum absolute atomic E-state index is 0.0163. The minimum Gasteiger partial charge on any atom is -0.463 e. The van der Waals surface area contributed by atoms with Crippen molar-refractivity contribution in [3.63, 3.8) is 0 Å². The molecule has 0 radical (unpaired) electrons. The molecule has 0 aromatic carbocycles. The van der Waals surface area contributed by atoms with Crippen LogP contribution in [0.3, 0.4) is 0 Å². The number of rotatable bonds is 3. The molecule has 2 heterocycles. The number of hydrogen-bond donors (Lipinski definition) is 1. The number of esters is 1. The van der Waals surface area contributed by atoms with Crippen LogP contribution in [0.4, 0.5) is 5.95 Å². The summed E-state index contributed by atoms with van der Waals surface area (Å²) in [6.45, 7) is 4.14. The number of anilines is 1. The molecule has 1 amide bonds. The van der Waals surface area contributed by atoms with Gasteiger partial charge in [0.25, 0.3) is 5.95 Å². The van der Waals surface area contributed by atoms with Crippen molar-refractivity contribution in [3.05, 3.63) is 18.5 Å². The number of nitrogens with one attached hydrogen (secondary N) is 1. The molecule has 0 spiro atoms. The highest BCUT2D eigenvalue weighted by Crippen LogP contribution is 2.22. The van der Waals surface area contributed by atoms with Crippen LogP contribution in [-0.2, 0) is 9.53 Å². The van der Waals surface area contributed by atoms with Gasteiger partial charge in [0.15, 0.2) is 0 Å². The Hall–Kier alpha value is -2.18. The molecule has 1 aliphatic rings. The molecule has 90 valence electrons. The fraction of sp³-hybridized carbons (Fsp3) is 0.400. The number of amides is 1. The first-order valence-corrected chi connectivity index (χ1v) is 5.09. The fourth-order valence-electron chi connectivity index (χ4n) is 1.65. The average molecular weight is 236 g/mol. The molecular formula is C10H12N4O3. The summed E-state index contributed by atoms with van der Waals surface area (Å²) in [5.74, 6) is -0.416. The maximum absolute atomic E-state index is 11.7. The van der Waals surface area contributed by atoms with Gasteiger partial charge in [0.05, 0.1) is 7.11 Å². The van der Waals surface area contributed by atoms with Crippen molar-refractivity contribution < 1.29 is 14.3 Å². The zero-order valence-corrected chi connectivity index (χ0v) is 9.34. The molecule has 1 aromatic rings. The van der Waals surface area contributed by atoms with E-state index in [1.54, 1.807) is 6.08 Å². The summed E-state index contributed by atoms with van der Waals surface area (Å²) < 4.78 is 4.49. The van der Waals surface area contributed by atoms with Gasteiger partial charge < -0.3 is 4.74 Å². The number of ether oxygens (including phenoxy) is 1. The Morgan fingerprint density at radius 3 is 3.06 bits per heavy atom. The van der Waals surface area contributed by atoms with Crippen LogP contribution in [-0.4, -0.2) is 40.7 Å². The Kier molecular flexibility index (Phi) is 2.90. The van der Waals surface area contributed by atoms with E-state index in [2.05, 4.69) is 26.5 Å². The first kappa shape index (κ1) is 11.3. The van der Waals surface area contributed by atoms with Crippen LogP contribution in [0.5, 0.6) is 0 Å². The highest BCUT2D eigenvalue weighted by molar-refractivity contribution is 5.95. The number of aromatic amines is 1. The lowest BCUT2D eigenvalue weighted by atomic mass is 10.1. The lowest BCUT2D eigenvalue weighted by Gasteiger charge is -2.09. The summed E-state index contributed by atoms with van der Waals surface area (Å²) in [4.78, 5) is 28.2. The van der Waals surface area contributed by atoms with Crippen molar-refractivity contribution >= 4 is 17.8 Å². The zero-order chi connectivity index (χ0) is 12.4. The van der Waals surface area contributed by atoms with E-state index >= 15 is 0 Å². The second-order valence-electron chi connectivity index (χ2n) is 3.68. The quantitative estimate of drug-likeness (QED) is 0.595. The molecule has 1 N–H and O–H groups in total. The Bertz CT molecular complexity index is 468. The van der Waals surface area contributed by atoms with Crippen LogP contribution >= 0.6 is 0 Å². The molecule has 0 saturated carbocycles. The number of methoxy groups -OCH3 is 1. The van der Waals surface area contributed by atoms with Crippen LogP contribution in [0.2, 0.25) is 0 Å². The number of hydrogen-bond acceptors (Lipinski definition) is 5. The SMILES string of the molecule is C=CC1CC(=O)N(c2n[nH]c(C(=O)OC)n2)C1. The van der Waals surface area contributed by atoms with Gasteiger partial charge in [0.2, 0.25) is 11.7 Å². The van der Waals surface area contributed by atoms with Gasteiger partial charge in [-0.3, -0.25) is 14.8 Å². The third-order valence-corrected chi connectivity index (χ3v) is 2.58. The normalized spacial score (nSPS) is 19.5. The van der Waals surface area contributed by atoms with E-state index < -0.39 is 5.97 Å². The largest absolute Gasteiger partial charge is 0.463 e. The van der Waals surface area contributed by atoms with Gasteiger partial charge in [-0.05, 0) is 0 Å². The molecule has 17 heavy (non-hydrogen) atoms. The molecule has 1 saturated heterocycles. The number of aromatic nitrogens is 3. The van der Waals surface area contributed by atoms with E-state index in [4.69, 9.17) is 0 Å². The molecule has 1 atom stereocenters. The van der Waals surface area contributed by atoms with Crippen molar-refractivity contribution in [1.29, 1.82) is 0 Å². The van der Waals surface area contributed by atoms with E-state index in [1.807, 2.05) is 0 Å². The molecule has 1 aliphatic heterocycles. The molecule has 1 fully saturated rings. The maximum atomic E-state index is 11.7. The number of H-pyrrole nitrogens is 1. The molecule has 1 unspecified atom stereocenters. The van der Waals surface area contributed by atoms with E-state index in [9.17, 15) is 9.59 Å². The Balaban J connectivity index is 2.18. The average Bonchev–Trinajstić information content (AvgIpc) is 2.94. The Morgan fingerprint density at radius 1 is 1.71 bits per heavy atom. The highest BCUT2D eigenvalue weighted by Gasteiger charge is 2.31. The van der Waals surface area contributed by atoms with Gasteiger partial charge in [-0.2, -0.15) is 4.98 Å². The fourth-order valence-corrected chi connectivity index (χ4v) is 1.65. The van der Waals surface area contributed by atoms with Crippen molar-refractivity contribution in [1.82, 2.24) is 15.2 Å². The predicted molar refractivity (Wildman–Crippen MR) is 58.4 cm³/mol. The standard InChI is InChI=1S/C10H12N4O3/c1-3-6-4-7(15)14(5-6)10-11-8(12-13-10)9(16)17-2/h3,6H,1,4-5H2,2H3,(H,11,12,13). The number of nitrogens with zero attached hydrogens (tertiary/aromatic N) is 3. The maximum Gasteiger partial charge on any atom is 0.375 e. The third kappa shape index (κ3) is 2.03. The van der Waals surface area contributed by atoms with Crippen molar-refractivity contribution in [2.75, 3.05) is 18.6 Å². The molecule has 2 rings (SSSR count). The second-order valence-corrected chi connectivity index (χ2v) is 3.68. The molecule has 0 aliphatic carbocycles. The first-order chi connectivity index (χ1) is 8.15. The van der Waals surface area contributed by atoms with Crippen molar-refractivity contribution in [2.45, 2.75) is 6.42 Å². The van der Waals surface area contributed by atoms with Gasteiger partial charge in [-0.15, -0.1) is 11.7 Å². The lowest BCUT2D eigenvalue weighted by molar-refractivity contribution is -0.117. The summed E-state index contributed by atoms with van der Waals surface area (Å²) in [5.41, 5.74) is 0.